The van der Waals surface area contributed by atoms with Gasteiger partial charge in [-0.2, -0.15) is 0 Å². The van der Waals surface area contributed by atoms with E-state index in [2.05, 4.69) is 53.5 Å². The van der Waals surface area contributed by atoms with E-state index < -0.39 is 0 Å². The predicted octanol–water partition coefficient (Wildman–Crippen LogP) is 3.55. The quantitative estimate of drug-likeness (QED) is 0.848. The molecule has 2 aromatic rings. The Labute approximate surface area is 154 Å². The summed E-state index contributed by atoms with van der Waals surface area (Å²) in [5.74, 6) is 1.52. The highest BCUT2D eigenvalue weighted by molar-refractivity contribution is 7.80. The van der Waals surface area contributed by atoms with Crippen LogP contribution in [0, 0.1) is 0 Å². The van der Waals surface area contributed by atoms with Crippen LogP contribution in [0.1, 0.15) is 29.7 Å². The van der Waals surface area contributed by atoms with E-state index in [1.54, 1.807) is 14.2 Å². The van der Waals surface area contributed by atoms with Crippen molar-refractivity contribution >= 4 is 17.3 Å². The summed E-state index contributed by atoms with van der Waals surface area (Å²) in [6.45, 7) is 3.75. The van der Waals surface area contributed by atoms with Crippen molar-refractivity contribution in [3.05, 3.63) is 59.2 Å². The van der Waals surface area contributed by atoms with Crippen LogP contribution in [0.4, 0.5) is 0 Å². The van der Waals surface area contributed by atoms with Gasteiger partial charge in [0.2, 0.25) is 0 Å². The van der Waals surface area contributed by atoms with Gasteiger partial charge in [-0.05, 0) is 54.4 Å². The van der Waals surface area contributed by atoms with Gasteiger partial charge < -0.3 is 19.7 Å². The normalized spacial score (nSPS) is 16.1. The molecule has 0 aromatic heterocycles. The average Bonchev–Trinajstić information content (AvgIpc) is 2.66. The van der Waals surface area contributed by atoms with Crippen molar-refractivity contribution in [2.75, 3.05) is 27.3 Å². The standard InChI is InChI=1S/C20H24N2O2S/c1-4-21-20(25)22-11-10-15-12-17(23-2)18(24-3)13-16(15)19(22)14-8-6-5-7-9-14/h5-9,12-13,19H,4,10-11H2,1-3H3,(H,21,25). The van der Waals surface area contributed by atoms with Crippen molar-refractivity contribution in [1.82, 2.24) is 10.2 Å². The van der Waals surface area contributed by atoms with Gasteiger partial charge in [-0.1, -0.05) is 30.3 Å². The molecule has 0 saturated carbocycles. The molecule has 1 unspecified atom stereocenters. The van der Waals surface area contributed by atoms with E-state index in [4.69, 9.17) is 21.7 Å². The van der Waals surface area contributed by atoms with Crippen LogP contribution in [0.25, 0.3) is 0 Å². The number of hydrogen-bond donors (Lipinski definition) is 1. The molecule has 0 fully saturated rings. The minimum absolute atomic E-state index is 0.0660. The lowest BCUT2D eigenvalue weighted by Crippen LogP contribution is -2.45. The number of hydrogen-bond acceptors (Lipinski definition) is 3. The number of fused-ring (bicyclic) bond motifs is 1. The molecule has 4 nitrogen and oxygen atoms in total. The first-order chi connectivity index (χ1) is 12.2. The van der Waals surface area contributed by atoms with Gasteiger partial charge in [0, 0.05) is 13.1 Å². The Balaban J connectivity index is 2.12. The number of ether oxygens (including phenoxy) is 2. The molecule has 1 aliphatic rings. The van der Waals surface area contributed by atoms with E-state index in [0.717, 1.165) is 36.1 Å². The number of thiocarbonyl (C=S) groups is 1. The third-order valence-electron chi connectivity index (χ3n) is 4.58. The molecule has 0 spiro atoms. The number of benzene rings is 2. The third kappa shape index (κ3) is 3.42. The number of nitrogens with one attached hydrogen (secondary N) is 1. The van der Waals surface area contributed by atoms with Gasteiger partial charge in [-0.25, -0.2) is 0 Å². The Hall–Kier alpha value is -2.27. The van der Waals surface area contributed by atoms with Crippen LogP contribution in [-0.4, -0.2) is 37.3 Å². The second kappa shape index (κ2) is 7.74. The van der Waals surface area contributed by atoms with Gasteiger partial charge in [0.15, 0.2) is 16.6 Å². The van der Waals surface area contributed by atoms with E-state index in [0.29, 0.717) is 0 Å². The summed E-state index contributed by atoms with van der Waals surface area (Å²) >= 11 is 5.65. The van der Waals surface area contributed by atoms with E-state index in [1.807, 2.05) is 6.07 Å². The molecule has 0 aliphatic carbocycles. The Morgan fingerprint density at radius 2 is 1.84 bits per heavy atom. The van der Waals surface area contributed by atoms with Gasteiger partial charge in [-0.15, -0.1) is 0 Å². The van der Waals surface area contributed by atoms with Gasteiger partial charge in [-0.3, -0.25) is 0 Å². The molecule has 25 heavy (non-hydrogen) atoms. The number of methoxy groups -OCH3 is 2. The lowest BCUT2D eigenvalue weighted by atomic mass is 9.88. The maximum absolute atomic E-state index is 5.65. The Morgan fingerprint density at radius 3 is 2.48 bits per heavy atom. The van der Waals surface area contributed by atoms with E-state index >= 15 is 0 Å². The monoisotopic (exact) mass is 356 g/mol. The Morgan fingerprint density at radius 1 is 1.16 bits per heavy atom. The molecule has 1 N–H and O–H groups in total. The van der Waals surface area contributed by atoms with Crippen molar-refractivity contribution in [1.29, 1.82) is 0 Å². The number of nitrogens with zero attached hydrogens (tertiary/aromatic N) is 1. The maximum Gasteiger partial charge on any atom is 0.169 e. The Kier molecular flexibility index (Phi) is 5.43. The highest BCUT2D eigenvalue weighted by Crippen LogP contribution is 2.40. The molecule has 2 aromatic carbocycles. The van der Waals surface area contributed by atoms with Crippen LogP contribution in [0.3, 0.4) is 0 Å². The smallest absolute Gasteiger partial charge is 0.169 e. The van der Waals surface area contributed by atoms with Crippen LogP contribution < -0.4 is 14.8 Å². The largest absolute Gasteiger partial charge is 0.493 e. The van der Waals surface area contributed by atoms with Gasteiger partial charge >= 0.3 is 0 Å². The van der Waals surface area contributed by atoms with E-state index in [-0.39, 0.29) is 6.04 Å². The van der Waals surface area contributed by atoms with Crippen LogP contribution >= 0.6 is 12.2 Å². The zero-order valence-corrected chi connectivity index (χ0v) is 15.7. The zero-order chi connectivity index (χ0) is 17.8. The SMILES string of the molecule is CCNC(=S)N1CCc2cc(OC)c(OC)cc2C1c1ccccc1. The van der Waals surface area contributed by atoms with Crippen LogP contribution in [0.15, 0.2) is 42.5 Å². The van der Waals surface area contributed by atoms with Gasteiger partial charge in [0.1, 0.15) is 0 Å². The lowest BCUT2D eigenvalue weighted by molar-refractivity contribution is 0.324. The van der Waals surface area contributed by atoms with Gasteiger partial charge in [0.05, 0.1) is 20.3 Å². The molecular formula is C20H24N2O2S. The molecule has 1 heterocycles. The third-order valence-corrected chi connectivity index (χ3v) is 4.96. The molecule has 0 bridgehead atoms. The lowest BCUT2D eigenvalue weighted by Gasteiger charge is -2.39. The predicted molar refractivity (Wildman–Crippen MR) is 105 cm³/mol. The first kappa shape index (κ1) is 17.5. The van der Waals surface area contributed by atoms with Gasteiger partial charge in [0.25, 0.3) is 0 Å². The van der Waals surface area contributed by atoms with Crippen LogP contribution in [0.2, 0.25) is 0 Å². The van der Waals surface area contributed by atoms with Crippen LogP contribution in [0.5, 0.6) is 11.5 Å². The molecular weight excluding hydrogens is 332 g/mol. The second-order valence-corrected chi connectivity index (χ2v) is 6.38. The summed E-state index contributed by atoms with van der Waals surface area (Å²) < 4.78 is 11.0. The topological polar surface area (TPSA) is 33.7 Å². The fraction of sp³-hybridized carbons (Fsp3) is 0.350. The number of rotatable bonds is 4. The van der Waals surface area contributed by atoms with E-state index in [9.17, 15) is 0 Å². The molecule has 0 radical (unpaired) electrons. The molecule has 132 valence electrons. The van der Waals surface area contributed by atoms with Crippen molar-refractivity contribution in [3.8, 4) is 11.5 Å². The average molecular weight is 356 g/mol. The molecule has 5 heteroatoms. The molecule has 0 amide bonds. The second-order valence-electron chi connectivity index (χ2n) is 6.00. The van der Waals surface area contributed by atoms with Crippen molar-refractivity contribution in [2.45, 2.75) is 19.4 Å². The first-order valence-electron chi connectivity index (χ1n) is 8.53. The summed E-state index contributed by atoms with van der Waals surface area (Å²) in [6, 6.07) is 14.7. The summed E-state index contributed by atoms with van der Waals surface area (Å²) in [6.07, 6.45) is 0.921. The molecule has 0 saturated heterocycles. The molecule has 3 rings (SSSR count). The van der Waals surface area contributed by atoms with Crippen molar-refractivity contribution in [2.24, 2.45) is 0 Å². The van der Waals surface area contributed by atoms with Crippen molar-refractivity contribution in [3.63, 3.8) is 0 Å². The summed E-state index contributed by atoms with van der Waals surface area (Å²) in [5.41, 5.74) is 3.72. The highest BCUT2D eigenvalue weighted by Gasteiger charge is 2.31. The van der Waals surface area contributed by atoms with E-state index in [1.165, 1.54) is 16.7 Å². The first-order valence-corrected chi connectivity index (χ1v) is 8.94. The fourth-order valence-corrected chi connectivity index (χ4v) is 3.75. The molecule has 1 aliphatic heterocycles. The highest BCUT2D eigenvalue weighted by atomic mass is 32.1. The van der Waals surface area contributed by atoms with Crippen molar-refractivity contribution < 1.29 is 9.47 Å². The van der Waals surface area contributed by atoms with Crippen LogP contribution in [-0.2, 0) is 6.42 Å². The summed E-state index contributed by atoms with van der Waals surface area (Å²) in [5, 5.41) is 4.09. The zero-order valence-electron chi connectivity index (χ0n) is 14.9. The minimum Gasteiger partial charge on any atom is -0.493 e. The fourth-order valence-electron chi connectivity index (χ4n) is 3.41. The Bertz CT molecular complexity index is 749. The summed E-state index contributed by atoms with van der Waals surface area (Å²) in [7, 11) is 3.35. The maximum atomic E-state index is 5.65. The minimum atomic E-state index is 0.0660. The summed E-state index contributed by atoms with van der Waals surface area (Å²) in [4.78, 5) is 2.27. The molecule has 1 atom stereocenters.